The number of pyridine rings is 1. The second-order valence-electron chi connectivity index (χ2n) is 9.00. The molecule has 0 aromatic carbocycles. The number of nitrogen functional groups attached to an aromatic ring is 1. The lowest BCUT2D eigenvalue weighted by atomic mass is 9.82. The third-order valence-electron chi connectivity index (χ3n) is 6.25. The molecule has 31 heavy (non-hydrogen) atoms. The standard InChI is InChI=1S/C23H27N7O/c1-14(2)23-25-4-3-18(28-23)12-29-9-15-5-17(11-29)20-6-16(7-22(31)30(20)10-15)19-8-21(24)27-13-26-19/h3-4,6-8,13-15,17H,5,9-12H2,1-2H3,(H2,24,26,27)/t15-,17+/m0/s1. The topological polar surface area (TPSA) is 103 Å². The third kappa shape index (κ3) is 3.95. The number of hydrogen-bond acceptors (Lipinski definition) is 7. The summed E-state index contributed by atoms with van der Waals surface area (Å²) in [6.07, 6.45) is 4.40. The van der Waals surface area contributed by atoms with Gasteiger partial charge in [0, 0.05) is 67.6 Å². The van der Waals surface area contributed by atoms with E-state index in [4.69, 9.17) is 10.7 Å². The largest absolute Gasteiger partial charge is 0.384 e. The average molecular weight is 418 g/mol. The molecule has 2 aliphatic heterocycles. The SMILES string of the molecule is CC(C)c1nccc(CN2C[C@@H]3C[C@H](C2)c2cc(-c4cc(N)ncn4)cc(=O)n2C3)n1. The van der Waals surface area contributed by atoms with Crippen molar-refractivity contribution in [3.63, 3.8) is 0 Å². The van der Waals surface area contributed by atoms with Gasteiger partial charge < -0.3 is 10.3 Å². The van der Waals surface area contributed by atoms with Crippen molar-refractivity contribution in [3.05, 3.63) is 64.4 Å². The molecule has 8 nitrogen and oxygen atoms in total. The van der Waals surface area contributed by atoms with Gasteiger partial charge in [-0.2, -0.15) is 0 Å². The molecule has 1 saturated heterocycles. The van der Waals surface area contributed by atoms with Crippen molar-refractivity contribution in [1.29, 1.82) is 0 Å². The van der Waals surface area contributed by atoms with Gasteiger partial charge in [0.25, 0.3) is 5.56 Å². The molecule has 1 fully saturated rings. The lowest BCUT2D eigenvalue weighted by molar-refractivity contribution is 0.113. The predicted octanol–water partition coefficient (Wildman–Crippen LogP) is 2.42. The lowest BCUT2D eigenvalue weighted by Crippen LogP contribution is -2.46. The highest BCUT2D eigenvalue weighted by Crippen LogP contribution is 2.36. The van der Waals surface area contributed by atoms with Gasteiger partial charge in [-0.05, 0) is 24.5 Å². The Kier molecular flexibility index (Phi) is 5.02. The van der Waals surface area contributed by atoms with E-state index in [1.807, 2.05) is 16.8 Å². The summed E-state index contributed by atoms with van der Waals surface area (Å²) in [6.45, 7) is 7.68. The maximum absolute atomic E-state index is 12.9. The molecule has 3 aromatic rings. The van der Waals surface area contributed by atoms with Gasteiger partial charge in [0.1, 0.15) is 18.0 Å². The summed E-state index contributed by atoms with van der Waals surface area (Å²) in [7, 11) is 0. The van der Waals surface area contributed by atoms with Gasteiger partial charge in [0.15, 0.2) is 0 Å². The first kappa shape index (κ1) is 19.8. The number of piperidine rings is 1. The zero-order chi connectivity index (χ0) is 21.5. The molecule has 5 rings (SSSR count). The minimum atomic E-state index is 0.0326. The molecule has 0 amide bonds. The van der Waals surface area contributed by atoms with Crippen molar-refractivity contribution >= 4 is 5.82 Å². The van der Waals surface area contributed by atoms with E-state index in [0.717, 1.165) is 55.4 Å². The molecular weight excluding hydrogens is 390 g/mol. The molecule has 0 aliphatic carbocycles. The highest BCUT2D eigenvalue weighted by Gasteiger charge is 2.35. The fourth-order valence-corrected chi connectivity index (χ4v) is 4.87. The van der Waals surface area contributed by atoms with Crippen LogP contribution in [0.15, 0.2) is 41.6 Å². The maximum atomic E-state index is 12.9. The second-order valence-corrected chi connectivity index (χ2v) is 9.00. The van der Waals surface area contributed by atoms with E-state index in [1.165, 1.54) is 6.33 Å². The molecule has 0 unspecified atom stereocenters. The zero-order valence-corrected chi connectivity index (χ0v) is 17.9. The number of fused-ring (bicyclic) bond motifs is 4. The first-order valence-corrected chi connectivity index (χ1v) is 10.8. The summed E-state index contributed by atoms with van der Waals surface area (Å²) < 4.78 is 1.95. The summed E-state index contributed by atoms with van der Waals surface area (Å²) in [6, 6.07) is 7.49. The molecule has 2 N–H and O–H groups in total. The summed E-state index contributed by atoms with van der Waals surface area (Å²) in [4.78, 5) is 32.8. The summed E-state index contributed by atoms with van der Waals surface area (Å²) in [5.74, 6) is 2.38. The van der Waals surface area contributed by atoms with Crippen LogP contribution in [0.5, 0.6) is 0 Å². The summed E-state index contributed by atoms with van der Waals surface area (Å²) in [5, 5.41) is 0. The van der Waals surface area contributed by atoms with Crippen molar-refractivity contribution in [3.8, 4) is 11.3 Å². The minimum absolute atomic E-state index is 0.0326. The van der Waals surface area contributed by atoms with Gasteiger partial charge in [-0.15, -0.1) is 0 Å². The summed E-state index contributed by atoms with van der Waals surface area (Å²) >= 11 is 0. The van der Waals surface area contributed by atoms with Crippen LogP contribution < -0.4 is 11.3 Å². The zero-order valence-electron chi connectivity index (χ0n) is 17.9. The molecule has 2 atom stereocenters. The van der Waals surface area contributed by atoms with Gasteiger partial charge in [-0.25, -0.2) is 19.9 Å². The Morgan fingerprint density at radius 2 is 2.00 bits per heavy atom. The Bertz CT molecular complexity index is 1170. The molecule has 0 saturated carbocycles. The van der Waals surface area contributed by atoms with Crippen molar-refractivity contribution in [1.82, 2.24) is 29.4 Å². The van der Waals surface area contributed by atoms with Crippen molar-refractivity contribution in [2.75, 3.05) is 18.8 Å². The van der Waals surface area contributed by atoms with Crippen LogP contribution in [-0.4, -0.2) is 42.5 Å². The second kappa shape index (κ2) is 7.85. The first-order valence-electron chi connectivity index (χ1n) is 10.8. The van der Waals surface area contributed by atoms with Crippen molar-refractivity contribution in [2.45, 2.75) is 45.2 Å². The normalized spacial score (nSPS) is 20.6. The third-order valence-corrected chi connectivity index (χ3v) is 6.25. The van der Waals surface area contributed by atoms with Gasteiger partial charge in [0.05, 0.1) is 11.4 Å². The van der Waals surface area contributed by atoms with Crippen LogP contribution in [0.1, 0.15) is 49.3 Å². The molecule has 0 radical (unpaired) electrons. The van der Waals surface area contributed by atoms with Crippen LogP contribution in [0, 0.1) is 5.92 Å². The number of hydrogen-bond donors (Lipinski definition) is 1. The van der Waals surface area contributed by atoms with Crippen LogP contribution in [0.3, 0.4) is 0 Å². The number of likely N-dealkylation sites (tertiary alicyclic amines) is 1. The van der Waals surface area contributed by atoms with Crippen molar-refractivity contribution in [2.24, 2.45) is 5.92 Å². The van der Waals surface area contributed by atoms with Gasteiger partial charge in [0.2, 0.25) is 0 Å². The fourth-order valence-electron chi connectivity index (χ4n) is 4.87. The molecule has 160 valence electrons. The molecule has 8 heteroatoms. The Morgan fingerprint density at radius 3 is 2.81 bits per heavy atom. The van der Waals surface area contributed by atoms with E-state index < -0.39 is 0 Å². The number of rotatable bonds is 4. The minimum Gasteiger partial charge on any atom is -0.384 e. The smallest absolute Gasteiger partial charge is 0.251 e. The number of aromatic nitrogens is 5. The monoisotopic (exact) mass is 417 g/mol. The highest BCUT2D eigenvalue weighted by molar-refractivity contribution is 5.61. The number of anilines is 1. The van der Waals surface area contributed by atoms with Gasteiger partial charge in [-0.1, -0.05) is 13.8 Å². The average Bonchev–Trinajstić information content (AvgIpc) is 2.74. The quantitative estimate of drug-likeness (QED) is 0.695. The van der Waals surface area contributed by atoms with E-state index in [2.05, 4.69) is 39.8 Å². The molecule has 3 aromatic heterocycles. The number of nitrogens with two attached hydrogens (primary N) is 1. The molecule has 0 spiro atoms. The summed E-state index contributed by atoms with van der Waals surface area (Å²) in [5.41, 5.74) is 9.49. The Morgan fingerprint density at radius 1 is 1.13 bits per heavy atom. The predicted molar refractivity (Wildman–Crippen MR) is 118 cm³/mol. The molecule has 2 bridgehead atoms. The van der Waals surface area contributed by atoms with E-state index in [-0.39, 0.29) is 5.56 Å². The van der Waals surface area contributed by atoms with E-state index >= 15 is 0 Å². The Hall–Kier alpha value is -3.13. The van der Waals surface area contributed by atoms with E-state index in [0.29, 0.717) is 29.3 Å². The maximum Gasteiger partial charge on any atom is 0.251 e. The lowest BCUT2D eigenvalue weighted by Gasteiger charge is -2.42. The van der Waals surface area contributed by atoms with E-state index in [1.54, 1.807) is 12.1 Å². The molecule has 5 heterocycles. The Labute approximate surface area is 181 Å². The molecule has 2 aliphatic rings. The van der Waals surface area contributed by atoms with E-state index in [9.17, 15) is 4.79 Å². The first-order chi connectivity index (χ1) is 15.0. The van der Waals surface area contributed by atoms with Crippen LogP contribution in [0.25, 0.3) is 11.3 Å². The van der Waals surface area contributed by atoms with Crippen molar-refractivity contribution < 1.29 is 0 Å². The number of nitrogens with zero attached hydrogens (tertiary/aromatic N) is 6. The highest BCUT2D eigenvalue weighted by atomic mass is 16.1. The Balaban J connectivity index is 1.42. The van der Waals surface area contributed by atoms with Crippen LogP contribution >= 0.6 is 0 Å². The van der Waals surface area contributed by atoms with Gasteiger partial charge >= 0.3 is 0 Å². The van der Waals surface area contributed by atoms with Gasteiger partial charge in [-0.3, -0.25) is 9.69 Å². The molecular formula is C23H27N7O. The fraction of sp³-hybridized carbons (Fsp3) is 0.435. The van der Waals surface area contributed by atoms with Crippen LogP contribution in [0.2, 0.25) is 0 Å². The van der Waals surface area contributed by atoms with Crippen LogP contribution in [-0.2, 0) is 13.1 Å². The van der Waals surface area contributed by atoms with Crippen LogP contribution in [0.4, 0.5) is 5.82 Å².